The van der Waals surface area contributed by atoms with Crippen LogP contribution in [0.25, 0.3) is 0 Å². The Morgan fingerprint density at radius 3 is 2.33 bits per heavy atom. The number of nitrogens with one attached hydrogen (secondary N) is 2. The fraction of sp³-hybridized carbons (Fsp3) is 0.263. The number of rotatable bonds is 4. The van der Waals surface area contributed by atoms with E-state index in [2.05, 4.69) is 33.5 Å². The van der Waals surface area contributed by atoms with Gasteiger partial charge in [-0.2, -0.15) is 0 Å². The second kappa shape index (κ2) is 8.11. The van der Waals surface area contributed by atoms with E-state index >= 15 is 0 Å². The Hall–Kier alpha value is -2.14. The first-order valence-electron chi connectivity index (χ1n) is 7.87. The topological polar surface area (TPSA) is 58.2 Å². The maximum absolute atomic E-state index is 12.1. The van der Waals surface area contributed by atoms with Crippen LogP contribution in [0.4, 0.5) is 5.69 Å². The zero-order valence-electron chi connectivity index (χ0n) is 14.0. The molecule has 0 radical (unpaired) electrons. The molecule has 5 heteroatoms. The average Bonchev–Trinajstić information content (AvgIpc) is 2.57. The van der Waals surface area contributed by atoms with Gasteiger partial charge >= 0.3 is 11.8 Å². The number of hydrogen-bond donors (Lipinski definition) is 2. The van der Waals surface area contributed by atoms with Gasteiger partial charge < -0.3 is 10.6 Å². The molecule has 2 amide bonds. The molecule has 2 N–H and O–H groups in total. The summed E-state index contributed by atoms with van der Waals surface area (Å²) in [5.74, 6) is -1.32. The molecule has 24 heavy (non-hydrogen) atoms. The summed E-state index contributed by atoms with van der Waals surface area (Å²) in [5.41, 5.74) is 3.71. The van der Waals surface area contributed by atoms with E-state index in [1.165, 1.54) is 5.56 Å². The SMILES string of the molecule is CCc1ccc(C(C)NC(=O)C(=O)Nc2ccc(Br)cc2C)cc1. The molecule has 0 aromatic heterocycles. The van der Waals surface area contributed by atoms with E-state index in [9.17, 15) is 9.59 Å². The summed E-state index contributed by atoms with van der Waals surface area (Å²) >= 11 is 3.37. The van der Waals surface area contributed by atoms with E-state index in [-0.39, 0.29) is 6.04 Å². The molecule has 0 aliphatic carbocycles. The molecule has 0 aliphatic rings. The summed E-state index contributed by atoms with van der Waals surface area (Å²) in [6.45, 7) is 5.82. The van der Waals surface area contributed by atoms with Gasteiger partial charge in [0.15, 0.2) is 0 Å². The van der Waals surface area contributed by atoms with Crippen LogP contribution in [0.1, 0.15) is 36.6 Å². The number of aryl methyl sites for hydroxylation is 2. The van der Waals surface area contributed by atoms with E-state index in [1.807, 2.05) is 50.2 Å². The highest BCUT2D eigenvalue weighted by Gasteiger charge is 2.17. The van der Waals surface area contributed by atoms with Crippen LogP contribution in [0.2, 0.25) is 0 Å². The molecule has 2 aromatic carbocycles. The highest BCUT2D eigenvalue weighted by atomic mass is 79.9. The molecule has 0 saturated carbocycles. The number of benzene rings is 2. The van der Waals surface area contributed by atoms with Crippen molar-refractivity contribution in [1.82, 2.24) is 5.32 Å². The Bertz CT molecular complexity index is 742. The molecule has 0 fully saturated rings. The summed E-state index contributed by atoms with van der Waals surface area (Å²) in [4.78, 5) is 24.2. The van der Waals surface area contributed by atoms with Crippen LogP contribution in [-0.4, -0.2) is 11.8 Å². The van der Waals surface area contributed by atoms with E-state index in [4.69, 9.17) is 0 Å². The fourth-order valence-electron chi connectivity index (χ4n) is 2.33. The van der Waals surface area contributed by atoms with Crippen molar-refractivity contribution in [2.45, 2.75) is 33.2 Å². The van der Waals surface area contributed by atoms with Gasteiger partial charge in [-0.3, -0.25) is 9.59 Å². The minimum Gasteiger partial charge on any atom is -0.341 e. The zero-order chi connectivity index (χ0) is 17.7. The Labute approximate surface area is 150 Å². The molecule has 0 aliphatic heterocycles. The third kappa shape index (κ3) is 4.68. The summed E-state index contributed by atoms with van der Waals surface area (Å²) < 4.78 is 0.923. The van der Waals surface area contributed by atoms with Crippen molar-refractivity contribution in [3.63, 3.8) is 0 Å². The fourth-order valence-corrected chi connectivity index (χ4v) is 2.81. The van der Waals surface area contributed by atoms with Crippen LogP contribution in [0.15, 0.2) is 46.9 Å². The van der Waals surface area contributed by atoms with E-state index < -0.39 is 11.8 Å². The molecule has 0 bridgehead atoms. The van der Waals surface area contributed by atoms with Crippen LogP contribution in [0.3, 0.4) is 0 Å². The second-order valence-electron chi connectivity index (χ2n) is 5.70. The van der Waals surface area contributed by atoms with E-state index in [1.54, 1.807) is 6.07 Å². The Morgan fingerprint density at radius 1 is 1.08 bits per heavy atom. The summed E-state index contributed by atoms with van der Waals surface area (Å²) in [7, 11) is 0. The standard InChI is InChI=1S/C19H21BrN2O2/c1-4-14-5-7-15(8-6-14)13(3)21-18(23)19(24)22-17-10-9-16(20)11-12(17)2/h5-11,13H,4H2,1-3H3,(H,21,23)(H,22,24). The maximum atomic E-state index is 12.1. The third-order valence-electron chi connectivity index (χ3n) is 3.88. The van der Waals surface area contributed by atoms with Gasteiger partial charge in [-0.15, -0.1) is 0 Å². The van der Waals surface area contributed by atoms with Gasteiger partial charge in [0.05, 0.1) is 6.04 Å². The molecule has 0 saturated heterocycles. The Morgan fingerprint density at radius 2 is 1.75 bits per heavy atom. The summed E-state index contributed by atoms with van der Waals surface area (Å²) in [5, 5.41) is 5.36. The molecular weight excluding hydrogens is 368 g/mol. The van der Waals surface area contributed by atoms with Crippen LogP contribution in [0.5, 0.6) is 0 Å². The van der Waals surface area contributed by atoms with Gasteiger partial charge in [-0.25, -0.2) is 0 Å². The molecule has 2 aromatic rings. The lowest BCUT2D eigenvalue weighted by atomic mass is 10.0. The van der Waals surface area contributed by atoms with E-state index in [0.29, 0.717) is 5.69 Å². The molecule has 126 valence electrons. The van der Waals surface area contributed by atoms with Gasteiger partial charge in [0.25, 0.3) is 0 Å². The highest BCUT2D eigenvalue weighted by molar-refractivity contribution is 9.10. The molecule has 2 rings (SSSR count). The minimum absolute atomic E-state index is 0.236. The quantitative estimate of drug-likeness (QED) is 0.773. The molecule has 1 unspecified atom stereocenters. The van der Waals surface area contributed by atoms with Gasteiger partial charge in [0, 0.05) is 10.2 Å². The summed E-state index contributed by atoms with van der Waals surface area (Å²) in [6.07, 6.45) is 0.968. The second-order valence-corrected chi connectivity index (χ2v) is 6.62. The Balaban J connectivity index is 1.98. The zero-order valence-corrected chi connectivity index (χ0v) is 15.6. The number of halogens is 1. The molecule has 1 atom stereocenters. The largest absolute Gasteiger partial charge is 0.341 e. The van der Waals surface area contributed by atoms with Crippen molar-refractivity contribution >= 4 is 33.4 Å². The van der Waals surface area contributed by atoms with Crippen molar-refractivity contribution in [1.29, 1.82) is 0 Å². The first kappa shape index (κ1) is 18.2. The normalized spacial score (nSPS) is 11.7. The molecular formula is C19H21BrN2O2. The predicted octanol–water partition coefficient (Wildman–Crippen LogP) is 4.14. The van der Waals surface area contributed by atoms with Crippen molar-refractivity contribution in [2.24, 2.45) is 0 Å². The van der Waals surface area contributed by atoms with Gasteiger partial charge in [0.2, 0.25) is 0 Å². The Kier molecular flexibility index (Phi) is 6.15. The minimum atomic E-state index is -0.669. The smallest absolute Gasteiger partial charge is 0.313 e. The first-order chi connectivity index (χ1) is 11.4. The molecule has 0 spiro atoms. The highest BCUT2D eigenvalue weighted by Crippen LogP contribution is 2.20. The lowest BCUT2D eigenvalue weighted by molar-refractivity contribution is -0.136. The van der Waals surface area contributed by atoms with E-state index in [0.717, 1.165) is 22.0 Å². The third-order valence-corrected chi connectivity index (χ3v) is 4.37. The van der Waals surface area contributed by atoms with Crippen LogP contribution in [-0.2, 0) is 16.0 Å². The van der Waals surface area contributed by atoms with Gasteiger partial charge in [-0.1, -0.05) is 47.1 Å². The number of carbonyl (C=O) groups excluding carboxylic acids is 2. The lowest BCUT2D eigenvalue weighted by Gasteiger charge is -2.15. The average molecular weight is 389 g/mol. The number of carbonyl (C=O) groups is 2. The monoisotopic (exact) mass is 388 g/mol. The van der Waals surface area contributed by atoms with Crippen molar-refractivity contribution in [3.05, 3.63) is 63.6 Å². The van der Waals surface area contributed by atoms with Crippen LogP contribution < -0.4 is 10.6 Å². The van der Waals surface area contributed by atoms with Crippen molar-refractivity contribution < 1.29 is 9.59 Å². The first-order valence-corrected chi connectivity index (χ1v) is 8.66. The number of hydrogen-bond acceptors (Lipinski definition) is 2. The number of anilines is 1. The maximum Gasteiger partial charge on any atom is 0.313 e. The number of amides is 2. The molecule has 0 heterocycles. The van der Waals surface area contributed by atoms with Crippen LogP contribution >= 0.6 is 15.9 Å². The van der Waals surface area contributed by atoms with Gasteiger partial charge in [0.1, 0.15) is 0 Å². The lowest BCUT2D eigenvalue weighted by Crippen LogP contribution is -2.37. The van der Waals surface area contributed by atoms with Crippen LogP contribution in [0, 0.1) is 6.92 Å². The van der Waals surface area contributed by atoms with Crippen molar-refractivity contribution in [3.8, 4) is 0 Å². The van der Waals surface area contributed by atoms with Crippen molar-refractivity contribution in [2.75, 3.05) is 5.32 Å². The predicted molar refractivity (Wildman–Crippen MR) is 99.9 cm³/mol. The van der Waals surface area contributed by atoms with Gasteiger partial charge in [-0.05, 0) is 55.2 Å². The summed E-state index contributed by atoms with van der Waals surface area (Å²) in [6, 6.07) is 13.2. The molecule has 4 nitrogen and oxygen atoms in total.